The maximum atomic E-state index is 12.6. The van der Waals surface area contributed by atoms with Crippen molar-refractivity contribution in [2.24, 2.45) is 5.41 Å². The number of aromatic amines is 1. The number of aromatic nitrogens is 1. The number of amides is 2. The Labute approximate surface area is 136 Å². The van der Waals surface area contributed by atoms with Crippen LogP contribution in [0.4, 0.5) is 0 Å². The third-order valence-corrected chi connectivity index (χ3v) is 4.18. The van der Waals surface area contributed by atoms with E-state index in [4.69, 9.17) is 11.6 Å². The Morgan fingerprint density at radius 2 is 1.77 bits per heavy atom. The zero-order chi connectivity index (χ0) is 16.7. The summed E-state index contributed by atoms with van der Waals surface area (Å²) >= 11 is 5.88. The van der Waals surface area contributed by atoms with Gasteiger partial charge in [0.25, 0.3) is 5.91 Å². The van der Waals surface area contributed by atoms with E-state index in [-0.39, 0.29) is 23.9 Å². The number of carbonyl (C=O) groups is 2. The minimum atomic E-state index is -0.404. The van der Waals surface area contributed by atoms with Gasteiger partial charge in [0.05, 0.1) is 5.02 Å². The number of nitrogens with zero attached hydrogens (tertiary/aromatic N) is 2. The lowest BCUT2D eigenvalue weighted by molar-refractivity contribution is -0.143. The van der Waals surface area contributed by atoms with Gasteiger partial charge in [0.1, 0.15) is 5.69 Å². The van der Waals surface area contributed by atoms with E-state index in [1.165, 1.54) is 0 Å². The Balaban J connectivity index is 2.14. The van der Waals surface area contributed by atoms with Gasteiger partial charge in [0.2, 0.25) is 5.91 Å². The molecule has 2 atom stereocenters. The maximum absolute atomic E-state index is 12.6. The average molecular weight is 326 g/mol. The highest BCUT2D eigenvalue weighted by molar-refractivity contribution is 6.30. The van der Waals surface area contributed by atoms with Gasteiger partial charge in [-0.15, -0.1) is 0 Å². The predicted molar refractivity (Wildman–Crippen MR) is 86.9 cm³/mol. The van der Waals surface area contributed by atoms with Crippen LogP contribution in [0.5, 0.6) is 0 Å². The van der Waals surface area contributed by atoms with E-state index in [0.717, 1.165) is 0 Å². The van der Waals surface area contributed by atoms with Crippen molar-refractivity contribution in [1.29, 1.82) is 0 Å². The topological polar surface area (TPSA) is 56.4 Å². The van der Waals surface area contributed by atoms with E-state index in [2.05, 4.69) is 4.98 Å². The van der Waals surface area contributed by atoms with E-state index in [0.29, 0.717) is 23.8 Å². The summed E-state index contributed by atoms with van der Waals surface area (Å²) in [7, 11) is 0. The molecule has 2 amide bonds. The van der Waals surface area contributed by atoms with Crippen molar-refractivity contribution in [3.63, 3.8) is 0 Å². The molecular formula is C16H24ClN3O2. The van der Waals surface area contributed by atoms with E-state index >= 15 is 0 Å². The molecule has 2 heterocycles. The minimum Gasteiger partial charge on any atom is -0.356 e. The molecule has 0 spiro atoms. The Hall–Kier alpha value is -1.49. The number of carbonyl (C=O) groups excluding carboxylic acids is 2. The van der Waals surface area contributed by atoms with Crippen molar-refractivity contribution in [3.8, 4) is 0 Å². The van der Waals surface area contributed by atoms with Crippen LogP contribution in [-0.4, -0.2) is 51.8 Å². The highest BCUT2D eigenvalue weighted by atomic mass is 35.5. The normalized spacial score (nSPS) is 22.8. The van der Waals surface area contributed by atoms with Gasteiger partial charge in [-0.2, -0.15) is 0 Å². The summed E-state index contributed by atoms with van der Waals surface area (Å²) in [6.45, 7) is 10.8. The van der Waals surface area contributed by atoms with Gasteiger partial charge in [0.15, 0.2) is 0 Å². The standard InChI is InChI=1S/C16H24ClN3O2/c1-10-8-19(15(22)16(3,4)5)9-11(2)20(10)14(21)13-6-12(17)7-18-13/h6-7,10-11,18H,8-9H2,1-5H3. The van der Waals surface area contributed by atoms with E-state index in [9.17, 15) is 9.59 Å². The van der Waals surface area contributed by atoms with Crippen LogP contribution in [0, 0.1) is 5.41 Å². The van der Waals surface area contributed by atoms with Crippen LogP contribution >= 0.6 is 11.6 Å². The Morgan fingerprint density at radius 1 is 1.23 bits per heavy atom. The van der Waals surface area contributed by atoms with Crippen LogP contribution in [0.25, 0.3) is 0 Å². The molecule has 0 bridgehead atoms. The predicted octanol–water partition coefficient (Wildman–Crippen LogP) is 2.78. The van der Waals surface area contributed by atoms with Crippen LogP contribution in [-0.2, 0) is 4.79 Å². The van der Waals surface area contributed by atoms with Gasteiger partial charge in [0, 0.05) is 36.8 Å². The summed E-state index contributed by atoms with van der Waals surface area (Å²) in [6.07, 6.45) is 1.60. The van der Waals surface area contributed by atoms with Crippen LogP contribution in [0.1, 0.15) is 45.1 Å². The second-order valence-electron chi connectivity index (χ2n) is 7.10. The monoisotopic (exact) mass is 325 g/mol. The van der Waals surface area contributed by atoms with Gasteiger partial charge in [-0.1, -0.05) is 32.4 Å². The van der Waals surface area contributed by atoms with Gasteiger partial charge in [-0.05, 0) is 19.9 Å². The Kier molecular flexibility index (Phi) is 4.57. The SMILES string of the molecule is CC1CN(C(=O)C(C)(C)C)CC(C)N1C(=O)c1cc(Cl)c[nH]1. The van der Waals surface area contributed by atoms with Crippen molar-refractivity contribution < 1.29 is 9.59 Å². The second-order valence-corrected chi connectivity index (χ2v) is 7.54. The Bertz CT molecular complexity index is 564. The van der Waals surface area contributed by atoms with E-state index in [1.54, 1.807) is 12.3 Å². The van der Waals surface area contributed by atoms with Crippen molar-refractivity contribution in [2.45, 2.75) is 46.7 Å². The minimum absolute atomic E-state index is 0.0374. The highest BCUT2D eigenvalue weighted by Gasteiger charge is 2.38. The largest absolute Gasteiger partial charge is 0.356 e. The first-order valence-electron chi connectivity index (χ1n) is 7.57. The summed E-state index contributed by atoms with van der Waals surface area (Å²) < 4.78 is 0. The zero-order valence-electron chi connectivity index (χ0n) is 13.8. The molecule has 2 rings (SSSR count). The number of hydrogen-bond acceptors (Lipinski definition) is 2. The lowest BCUT2D eigenvalue weighted by Crippen LogP contribution is -2.61. The average Bonchev–Trinajstić information content (AvgIpc) is 2.82. The van der Waals surface area contributed by atoms with E-state index < -0.39 is 5.41 Å². The molecule has 0 radical (unpaired) electrons. The number of H-pyrrole nitrogens is 1. The lowest BCUT2D eigenvalue weighted by atomic mass is 9.93. The van der Waals surface area contributed by atoms with Gasteiger partial charge < -0.3 is 14.8 Å². The fraction of sp³-hybridized carbons (Fsp3) is 0.625. The summed E-state index contributed by atoms with van der Waals surface area (Å²) in [4.78, 5) is 31.7. The molecule has 6 heteroatoms. The molecule has 1 fully saturated rings. The first-order valence-corrected chi connectivity index (χ1v) is 7.95. The molecule has 0 saturated carbocycles. The molecule has 1 aromatic rings. The fourth-order valence-corrected chi connectivity index (χ4v) is 3.16. The third kappa shape index (κ3) is 3.29. The molecule has 0 aromatic carbocycles. The third-order valence-electron chi connectivity index (χ3n) is 3.96. The van der Waals surface area contributed by atoms with Gasteiger partial charge in [-0.3, -0.25) is 9.59 Å². The molecular weight excluding hydrogens is 302 g/mol. The summed E-state index contributed by atoms with van der Waals surface area (Å²) in [5, 5.41) is 0.519. The number of rotatable bonds is 1. The van der Waals surface area contributed by atoms with Gasteiger partial charge in [-0.25, -0.2) is 0 Å². The molecule has 0 aliphatic carbocycles. The first kappa shape index (κ1) is 16.9. The zero-order valence-corrected chi connectivity index (χ0v) is 14.6. The summed E-state index contributed by atoms with van der Waals surface area (Å²) in [6, 6.07) is 1.56. The van der Waals surface area contributed by atoms with Crippen LogP contribution < -0.4 is 0 Å². The maximum Gasteiger partial charge on any atom is 0.270 e. The fourth-order valence-electron chi connectivity index (χ4n) is 2.99. The molecule has 1 aromatic heterocycles. The van der Waals surface area contributed by atoms with Gasteiger partial charge >= 0.3 is 0 Å². The second kappa shape index (κ2) is 5.95. The molecule has 122 valence electrons. The smallest absolute Gasteiger partial charge is 0.270 e. The number of halogens is 1. The molecule has 1 saturated heterocycles. The van der Waals surface area contributed by atoms with E-state index in [1.807, 2.05) is 44.4 Å². The van der Waals surface area contributed by atoms with Crippen LogP contribution in [0.15, 0.2) is 12.3 Å². The van der Waals surface area contributed by atoms with Crippen molar-refractivity contribution in [1.82, 2.24) is 14.8 Å². The summed E-state index contributed by atoms with van der Waals surface area (Å²) in [5.41, 5.74) is 0.0813. The van der Waals surface area contributed by atoms with Crippen molar-refractivity contribution >= 4 is 23.4 Å². The number of hydrogen-bond donors (Lipinski definition) is 1. The summed E-state index contributed by atoms with van der Waals surface area (Å²) in [5.74, 6) is 0.0518. The van der Waals surface area contributed by atoms with Crippen molar-refractivity contribution in [3.05, 3.63) is 23.0 Å². The number of nitrogens with one attached hydrogen (secondary N) is 1. The molecule has 5 nitrogen and oxygen atoms in total. The Morgan fingerprint density at radius 3 is 2.18 bits per heavy atom. The molecule has 2 unspecified atom stereocenters. The molecule has 1 aliphatic heterocycles. The highest BCUT2D eigenvalue weighted by Crippen LogP contribution is 2.24. The molecule has 22 heavy (non-hydrogen) atoms. The molecule has 1 N–H and O–H groups in total. The lowest BCUT2D eigenvalue weighted by Gasteiger charge is -2.45. The van der Waals surface area contributed by atoms with Crippen LogP contribution in [0.2, 0.25) is 5.02 Å². The quantitative estimate of drug-likeness (QED) is 0.863. The first-order chi connectivity index (χ1) is 10.1. The molecule has 1 aliphatic rings. The van der Waals surface area contributed by atoms with Crippen molar-refractivity contribution in [2.75, 3.05) is 13.1 Å². The van der Waals surface area contributed by atoms with Crippen LogP contribution in [0.3, 0.4) is 0 Å². The number of piperazine rings is 1.